The topological polar surface area (TPSA) is 104 Å². The van der Waals surface area contributed by atoms with Gasteiger partial charge >= 0.3 is 0 Å². The SMILES string of the molecule is CCCCCCCCCCCCCCCCCCCCC(O)C(=O)C(CO)C(O)CCCCCCCCCCCCCCCN. The molecule has 0 fully saturated rings. The Morgan fingerprint density at radius 1 is 0.467 bits per heavy atom. The van der Waals surface area contributed by atoms with Crippen molar-refractivity contribution in [3.8, 4) is 0 Å². The molecule has 0 aromatic rings. The smallest absolute Gasteiger partial charge is 0.169 e. The molecule has 0 saturated heterocycles. The van der Waals surface area contributed by atoms with Crippen LogP contribution in [0, 0.1) is 5.92 Å². The molecule has 0 radical (unpaired) electrons. The fourth-order valence-corrected chi connectivity index (χ4v) is 6.67. The molecule has 5 N–H and O–H groups in total. The molecule has 0 aliphatic carbocycles. The van der Waals surface area contributed by atoms with Gasteiger partial charge in [0.05, 0.1) is 18.6 Å². The van der Waals surface area contributed by atoms with Gasteiger partial charge in [0.25, 0.3) is 0 Å². The third-order valence-electron chi connectivity index (χ3n) is 9.89. The van der Waals surface area contributed by atoms with Crippen molar-refractivity contribution in [1.82, 2.24) is 0 Å². The molecule has 0 aliphatic rings. The van der Waals surface area contributed by atoms with Gasteiger partial charge in [-0.25, -0.2) is 0 Å². The summed E-state index contributed by atoms with van der Waals surface area (Å²) in [5.41, 5.74) is 5.54. The van der Waals surface area contributed by atoms with E-state index in [2.05, 4.69) is 6.92 Å². The van der Waals surface area contributed by atoms with Gasteiger partial charge in [-0.3, -0.25) is 4.79 Å². The summed E-state index contributed by atoms with van der Waals surface area (Å²) in [4.78, 5) is 12.7. The van der Waals surface area contributed by atoms with E-state index in [1.165, 1.54) is 154 Å². The van der Waals surface area contributed by atoms with Crippen molar-refractivity contribution in [2.45, 2.75) is 231 Å². The minimum atomic E-state index is -1.07. The van der Waals surface area contributed by atoms with Gasteiger partial charge in [-0.05, 0) is 25.8 Å². The highest BCUT2D eigenvalue weighted by Crippen LogP contribution is 2.19. The minimum Gasteiger partial charge on any atom is -0.396 e. The Labute approximate surface area is 281 Å². The van der Waals surface area contributed by atoms with Crippen LogP contribution in [-0.2, 0) is 4.79 Å². The summed E-state index contributed by atoms with van der Waals surface area (Å²) in [5.74, 6) is -1.23. The maximum Gasteiger partial charge on any atom is 0.169 e. The van der Waals surface area contributed by atoms with Crippen LogP contribution in [0.2, 0.25) is 0 Å². The lowest BCUT2D eigenvalue weighted by atomic mass is 9.89. The molecule has 270 valence electrons. The third-order valence-corrected chi connectivity index (χ3v) is 9.89. The van der Waals surface area contributed by atoms with Crippen LogP contribution in [0.1, 0.15) is 219 Å². The molecule has 5 heteroatoms. The average molecular weight is 640 g/mol. The second-order valence-electron chi connectivity index (χ2n) is 14.2. The maximum absolute atomic E-state index is 12.7. The number of nitrogens with two attached hydrogens (primary N) is 1. The number of hydrogen-bond acceptors (Lipinski definition) is 5. The fourth-order valence-electron chi connectivity index (χ4n) is 6.67. The minimum absolute atomic E-state index is 0.378. The van der Waals surface area contributed by atoms with E-state index in [-0.39, 0.29) is 12.4 Å². The molecule has 0 aromatic carbocycles. The van der Waals surface area contributed by atoms with Crippen molar-refractivity contribution >= 4 is 5.78 Å². The van der Waals surface area contributed by atoms with E-state index in [1.807, 2.05) is 0 Å². The van der Waals surface area contributed by atoms with Crippen molar-refractivity contribution in [2.75, 3.05) is 13.2 Å². The van der Waals surface area contributed by atoms with Gasteiger partial charge in [0.15, 0.2) is 5.78 Å². The first-order valence-corrected chi connectivity index (χ1v) is 20.3. The highest BCUT2D eigenvalue weighted by molar-refractivity contribution is 5.85. The van der Waals surface area contributed by atoms with Crippen molar-refractivity contribution in [3.05, 3.63) is 0 Å². The first-order valence-electron chi connectivity index (χ1n) is 20.3. The van der Waals surface area contributed by atoms with E-state index in [1.54, 1.807) is 0 Å². The first kappa shape index (κ1) is 44.5. The number of aliphatic hydroxyl groups is 3. The summed E-state index contributed by atoms with van der Waals surface area (Å²) < 4.78 is 0. The summed E-state index contributed by atoms with van der Waals surface area (Å²) in [7, 11) is 0. The number of ketones is 1. The second-order valence-corrected chi connectivity index (χ2v) is 14.2. The van der Waals surface area contributed by atoms with Crippen molar-refractivity contribution in [2.24, 2.45) is 11.7 Å². The van der Waals surface area contributed by atoms with E-state index in [9.17, 15) is 20.1 Å². The predicted molar refractivity (Wildman–Crippen MR) is 195 cm³/mol. The molecule has 5 nitrogen and oxygen atoms in total. The predicted octanol–water partition coefficient (Wildman–Crippen LogP) is 10.7. The van der Waals surface area contributed by atoms with Crippen LogP contribution in [0.15, 0.2) is 0 Å². The number of Topliss-reactive ketones (excluding diaryl/α,β-unsaturated/α-hetero) is 1. The molecule has 3 atom stereocenters. The fraction of sp³-hybridized carbons (Fsp3) is 0.975. The highest BCUT2D eigenvalue weighted by Gasteiger charge is 2.30. The zero-order valence-electron chi connectivity index (χ0n) is 30.3. The molecule has 0 saturated carbocycles. The number of unbranched alkanes of at least 4 members (excludes halogenated alkanes) is 29. The monoisotopic (exact) mass is 640 g/mol. The lowest BCUT2D eigenvalue weighted by molar-refractivity contribution is -0.137. The van der Waals surface area contributed by atoms with E-state index in [0.717, 1.165) is 51.5 Å². The first-order chi connectivity index (χ1) is 22.1. The standard InChI is InChI=1S/C40H81NO4/c1-2-3-4-5-6-7-8-9-10-11-12-13-15-19-22-25-28-31-34-39(44)40(45)37(36-42)38(43)33-30-27-24-21-18-16-14-17-20-23-26-29-32-35-41/h37-39,42-44H,2-36,41H2,1H3. The van der Waals surface area contributed by atoms with Gasteiger partial charge in [-0.15, -0.1) is 0 Å². The van der Waals surface area contributed by atoms with Crippen LogP contribution >= 0.6 is 0 Å². The molecule has 0 spiro atoms. The Morgan fingerprint density at radius 3 is 1.07 bits per heavy atom. The maximum atomic E-state index is 12.7. The van der Waals surface area contributed by atoms with Crippen LogP contribution in [-0.4, -0.2) is 46.5 Å². The third kappa shape index (κ3) is 30.6. The molecular weight excluding hydrogens is 558 g/mol. The van der Waals surface area contributed by atoms with Crippen LogP contribution in [0.3, 0.4) is 0 Å². The van der Waals surface area contributed by atoms with Crippen molar-refractivity contribution in [1.29, 1.82) is 0 Å². The molecule has 0 bridgehead atoms. The lowest BCUT2D eigenvalue weighted by Crippen LogP contribution is -2.38. The summed E-state index contributed by atoms with van der Waals surface area (Å²) in [5, 5.41) is 30.7. The molecule has 0 amide bonds. The number of carbonyl (C=O) groups excluding carboxylic acids is 1. The normalized spacial score (nSPS) is 13.7. The van der Waals surface area contributed by atoms with E-state index in [0.29, 0.717) is 12.8 Å². The van der Waals surface area contributed by atoms with Crippen molar-refractivity contribution in [3.63, 3.8) is 0 Å². The van der Waals surface area contributed by atoms with Gasteiger partial charge < -0.3 is 21.1 Å². The summed E-state index contributed by atoms with van der Waals surface area (Å²) >= 11 is 0. The Hall–Kier alpha value is -0.490. The second kappa shape index (κ2) is 36.3. The lowest BCUT2D eigenvalue weighted by Gasteiger charge is -2.22. The number of hydrogen-bond donors (Lipinski definition) is 4. The molecule has 45 heavy (non-hydrogen) atoms. The van der Waals surface area contributed by atoms with E-state index >= 15 is 0 Å². The number of aliphatic hydroxyl groups excluding tert-OH is 3. The molecular formula is C40H81NO4. The number of carbonyl (C=O) groups is 1. The van der Waals surface area contributed by atoms with Gasteiger partial charge in [0.2, 0.25) is 0 Å². The molecule has 3 unspecified atom stereocenters. The van der Waals surface area contributed by atoms with E-state index in [4.69, 9.17) is 5.73 Å². The van der Waals surface area contributed by atoms with Crippen LogP contribution < -0.4 is 5.73 Å². The van der Waals surface area contributed by atoms with Crippen LogP contribution in [0.25, 0.3) is 0 Å². The largest absolute Gasteiger partial charge is 0.396 e. The average Bonchev–Trinajstić information content (AvgIpc) is 3.04. The number of rotatable bonds is 38. The Kier molecular flexibility index (Phi) is 36.0. The van der Waals surface area contributed by atoms with Crippen LogP contribution in [0.5, 0.6) is 0 Å². The highest BCUT2D eigenvalue weighted by atomic mass is 16.3. The summed E-state index contributed by atoms with van der Waals surface area (Å²) in [6.07, 6.45) is 38.7. The Balaban J connectivity index is 3.61. The van der Waals surface area contributed by atoms with Gasteiger partial charge in [-0.2, -0.15) is 0 Å². The van der Waals surface area contributed by atoms with Crippen molar-refractivity contribution < 1.29 is 20.1 Å². The van der Waals surface area contributed by atoms with Gasteiger partial charge in [-0.1, -0.05) is 200 Å². The van der Waals surface area contributed by atoms with Crippen LogP contribution in [0.4, 0.5) is 0 Å². The Bertz CT molecular complexity index is 587. The quantitative estimate of drug-likeness (QED) is 0.0503. The molecule has 0 rings (SSSR count). The molecule has 0 aliphatic heterocycles. The molecule has 0 aromatic heterocycles. The zero-order chi connectivity index (χ0) is 33.1. The molecule has 0 heterocycles. The van der Waals surface area contributed by atoms with E-state index < -0.39 is 18.1 Å². The summed E-state index contributed by atoms with van der Waals surface area (Å²) in [6, 6.07) is 0. The zero-order valence-corrected chi connectivity index (χ0v) is 30.3. The Morgan fingerprint density at radius 2 is 0.756 bits per heavy atom. The summed E-state index contributed by atoms with van der Waals surface area (Å²) in [6.45, 7) is 2.72. The van der Waals surface area contributed by atoms with Gasteiger partial charge in [0, 0.05) is 0 Å². The van der Waals surface area contributed by atoms with Gasteiger partial charge in [0.1, 0.15) is 6.10 Å².